The largest absolute Gasteiger partial charge is 0.396 e. The summed E-state index contributed by atoms with van der Waals surface area (Å²) in [5.74, 6) is -0.0264. The summed E-state index contributed by atoms with van der Waals surface area (Å²) in [6.45, 7) is 0.533. The van der Waals surface area contributed by atoms with Gasteiger partial charge in [-0.25, -0.2) is 0 Å². The van der Waals surface area contributed by atoms with E-state index in [0.29, 0.717) is 31.5 Å². The number of aliphatic hydroxyl groups is 1. The highest BCUT2D eigenvalue weighted by Gasteiger charge is 2.01. The predicted octanol–water partition coefficient (Wildman–Crippen LogP) is 0.453. The third-order valence-corrected chi connectivity index (χ3v) is 1.77. The summed E-state index contributed by atoms with van der Waals surface area (Å²) < 4.78 is 4.61. The van der Waals surface area contributed by atoms with E-state index in [1.807, 2.05) is 0 Å². The van der Waals surface area contributed by atoms with Gasteiger partial charge in [-0.3, -0.25) is 4.79 Å². The first kappa shape index (κ1) is 10.7. The smallest absolute Gasteiger partial charge is 0.220 e. The SMILES string of the molecule is O=C(CCCCO)NCc1ccon1. The monoisotopic (exact) mass is 198 g/mol. The highest BCUT2D eigenvalue weighted by atomic mass is 16.5. The lowest BCUT2D eigenvalue weighted by atomic mass is 10.2. The molecular formula is C9H14N2O3. The van der Waals surface area contributed by atoms with Gasteiger partial charge in [-0.05, 0) is 12.8 Å². The molecule has 0 aliphatic carbocycles. The van der Waals surface area contributed by atoms with E-state index in [2.05, 4.69) is 15.0 Å². The maximum absolute atomic E-state index is 11.2. The summed E-state index contributed by atoms with van der Waals surface area (Å²) in [4.78, 5) is 11.2. The molecule has 1 aromatic rings. The quantitative estimate of drug-likeness (QED) is 0.651. The van der Waals surface area contributed by atoms with Crippen molar-refractivity contribution < 1.29 is 14.4 Å². The highest BCUT2D eigenvalue weighted by Crippen LogP contribution is 1.96. The van der Waals surface area contributed by atoms with Crippen LogP contribution in [0.3, 0.4) is 0 Å². The summed E-state index contributed by atoms with van der Waals surface area (Å²) in [7, 11) is 0. The van der Waals surface area contributed by atoms with Gasteiger partial charge in [0.2, 0.25) is 5.91 Å². The topological polar surface area (TPSA) is 75.4 Å². The van der Waals surface area contributed by atoms with Crippen LogP contribution in [0.15, 0.2) is 16.9 Å². The number of nitrogens with one attached hydrogen (secondary N) is 1. The van der Waals surface area contributed by atoms with Crippen molar-refractivity contribution in [3.05, 3.63) is 18.0 Å². The Morgan fingerprint density at radius 1 is 1.57 bits per heavy atom. The van der Waals surface area contributed by atoms with Crippen LogP contribution in [-0.4, -0.2) is 22.8 Å². The molecule has 0 spiro atoms. The first-order chi connectivity index (χ1) is 6.83. The second kappa shape index (κ2) is 6.15. The molecule has 0 aliphatic heterocycles. The van der Waals surface area contributed by atoms with Gasteiger partial charge in [-0.2, -0.15) is 0 Å². The molecule has 14 heavy (non-hydrogen) atoms. The Hall–Kier alpha value is -1.36. The van der Waals surface area contributed by atoms with E-state index >= 15 is 0 Å². The number of carbonyl (C=O) groups excluding carboxylic acids is 1. The number of aromatic nitrogens is 1. The zero-order valence-electron chi connectivity index (χ0n) is 7.90. The number of unbranched alkanes of at least 4 members (excludes halogenated alkanes) is 1. The summed E-state index contributed by atoms with van der Waals surface area (Å²) in [6.07, 6.45) is 3.28. The molecular weight excluding hydrogens is 184 g/mol. The van der Waals surface area contributed by atoms with Crippen molar-refractivity contribution in [1.82, 2.24) is 10.5 Å². The number of carbonyl (C=O) groups is 1. The van der Waals surface area contributed by atoms with E-state index < -0.39 is 0 Å². The van der Waals surface area contributed by atoms with E-state index in [-0.39, 0.29) is 12.5 Å². The number of hydrogen-bond donors (Lipinski definition) is 2. The molecule has 5 nitrogen and oxygen atoms in total. The Morgan fingerprint density at radius 2 is 2.43 bits per heavy atom. The Labute approximate surface area is 82.1 Å². The second-order valence-corrected chi connectivity index (χ2v) is 2.95. The standard InChI is InChI=1S/C9H14N2O3/c12-5-2-1-3-9(13)10-7-8-4-6-14-11-8/h4,6,12H,1-3,5,7H2,(H,10,13). The van der Waals surface area contributed by atoms with Crippen LogP contribution < -0.4 is 5.32 Å². The van der Waals surface area contributed by atoms with Gasteiger partial charge in [-0.15, -0.1) is 0 Å². The third kappa shape index (κ3) is 4.04. The fourth-order valence-corrected chi connectivity index (χ4v) is 1.00. The van der Waals surface area contributed by atoms with Crippen molar-refractivity contribution in [2.75, 3.05) is 6.61 Å². The van der Waals surface area contributed by atoms with Gasteiger partial charge >= 0.3 is 0 Å². The number of rotatable bonds is 6. The zero-order valence-corrected chi connectivity index (χ0v) is 7.90. The van der Waals surface area contributed by atoms with Crippen LogP contribution in [0.25, 0.3) is 0 Å². The number of aliphatic hydroxyl groups excluding tert-OH is 1. The lowest BCUT2D eigenvalue weighted by Crippen LogP contribution is -2.22. The Kier molecular flexibility index (Phi) is 4.71. The number of hydrogen-bond acceptors (Lipinski definition) is 4. The summed E-state index contributed by atoms with van der Waals surface area (Å²) >= 11 is 0. The summed E-state index contributed by atoms with van der Waals surface area (Å²) in [6, 6.07) is 1.70. The number of amides is 1. The van der Waals surface area contributed by atoms with Crippen LogP contribution in [0.4, 0.5) is 0 Å². The van der Waals surface area contributed by atoms with E-state index in [1.165, 1.54) is 6.26 Å². The molecule has 0 saturated carbocycles. The molecule has 1 rings (SSSR count). The highest BCUT2D eigenvalue weighted by molar-refractivity contribution is 5.75. The maximum atomic E-state index is 11.2. The van der Waals surface area contributed by atoms with E-state index in [0.717, 1.165) is 0 Å². The van der Waals surface area contributed by atoms with Gasteiger partial charge in [-0.1, -0.05) is 5.16 Å². The molecule has 5 heteroatoms. The van der Waals surface area contributed by atoms with Gasteiger partial charge in [0.05, 0.1) is 6.54 Å². The minimum atomic E-state index is -0.0264. The average Bonchev–Trinajstić information content (AvgIpc) is 2.68. The Morgan fingerprint density at radius 3 is 3.07 bits per heavy atom. The van der Waals surface area contributed by atoms with E-state index in [9.17, 15) is 4.79 Å². The fraction of sp³-hybridized carbons (Fsp3) is 0.556. The molecule has 0 aromatic carbocycles. The van der Waals surface area contributed by atoms with Crippen molar-refractivity contribution >= 4 is 5.91 Å². The van der Waals surface area contributed by atoms with Crippen LogP contribution in [0.2, 0.25) is 0 Å². The molecule has 0 bridgehead atoms. The van der Waals surface area contributed by atoms with Crippen LogP contribution in [0, 0.1) is 0 Å². The van der Waals surface area contributed by atoms with Gasteiger partial charge in [0.15, 0.2) is 0 Å². The molecule has 1 aromatic heterocycles. The molecule has 0 saturated heterocycles. The molecule has 0 unspecified atom stereocenters. The summed E-state index contributed by atoms with van der Waals surface area (Å²) in [5, 5.41) is 14.9. The third-order valence-electron chi connectivity index (χ3n) is 1.77. The van der Waals surface area contributed by atoms with Crippen molar-refractivity contribution in [1.29, 1.82) is 0 Å². The van der Waals surface area contributed by atoms with Crippen LogP contribution in [-0.2, 0) is 11.3 Å². The van der Waals surface area contributed by atoms with E-state index in [1.54, 1.807) is 6.07 Å². The maximum Gasteiger partial charge on any atom is 0.220 e. The Balaban J connectivity index is 2.09. The van der Waals surface area contributed by atoms with Crippen LogP contribution in [0.1, 0.15) is 25.0 Å². The van der Waals surface area contributed by atoms with Crippen molar-refractivity contribution in [3.8, 4) is 0 Å². The van der Waals surface area contributed by atoms with Crippen LogP contribution in [0.5, 0.6) is 0 Å². The molecule has 0 radical (unpaired) electrons. The minimum absolute atomic E-state index is 0.0264. The van der Waals surface area contributed by atoms with Gasteiger partial charge in [0, 0.05) is 19.1 Å². The number of nitrogens with zero attached hydrogens (tertiary/aromatic N) is 1. The molecule has 0 aliphatic rings. The molecule has 78 valence electrons. The van der Waals surface area contributed by atoms with Crippen molar-refractivity contribution in [3.63, 3.8) is 0 Å². The van der Waals surface area contributed by atoms with Gasteiger partial charge < -0.3 is 14.9 Å². The van der Waals surface area contributed by atoms with Gasteiger partial charge in [0.25, 0.3) is 0 Å². The van der Waals surface area contributed by atoms with Crippen molar-refractivity contribution in [2.24, 2.45) is 0 Å². The zero-order chi connectivity index (χ0) is 10.2. The minimum Gasteiger partial charge on any atom is -0.396 e. The normalized spacial score (nSPS) is 10.1. The molecule has 0 atom stereocenters. The van der Waals surface area contributed by atoms with Gasteiger partial charge in [0.1, 0.15) is 12.0 Å². The summed E-state index contributed by atoms with van der Waals surface area (Å²) in [5.41, 5.74) is 0.709. The van der Waals surface area contributed by atoms with E-state index in [4.69, 9.17) is 5.11 Å². The molecule has 1 heterocycles. The second-order valence-electron chi connectivity index (χ2n) is 2.95. The van der Waals surface area contributed by atoms with Crippen molar-refractivity contribution in [2.45, 2.75) is 25.8 Å². The lowest BCUT2D eigenvalue weighted by Gasteiger charge is -2.01. The average molecular weight is 198 g/mol. The first-order valence-electron chi connectivity index (χ1n) is 4.59. The molecule has 2 N–H and O–H groups in total. The molecule has 1 amide bonds. The van der Waals surface area contributed by atoms with Crippen LogP contribution >= 0.6 is 0 Å². The predicted molar refractivity (Wildman–Crippen MR) is 49.3 cm³/mol. The first-order valence-corrected chi connectivity index (χ1v) is 4.59. The Bertz CT molecular complexity index is 259. The fourth-order valence-electron chi connectivity index (χ4n) is 1.00. The lowest BCUT2D eigenvalue weighted by molar-refractivity contribution is -0.121. The molecule has 0 fully saturated rings.